The van der Waals surface area contributed by atoms with Crippen LogP contribution in [0.5, 0.6) is 0 Å². The molecule has 4 rings (SSSR count). The SMILES string of the molecule is CC(=O)OC[C@H]1O[C@@H](OC[C@H](OC(C)=O)[C@H]2O[C@H](O)[C@@H](OC(C)=O)[C@@H](OC(C)=O)[C@@H]2OC(C)=O)[C@H](N2C(=O)c3ccccc3C2=O)[C@@H](OC(C)=O)[C@@H]1OC(C)=O. The lowest BCUT2D eigenvalue weighted by Crippen LogP contribution is -2.68. The molecule has 0 bridgehead atoms. The zero-order valence-corrected chi connectivity index (χ0v) is 31.2. The molecule has 1 N–H and O–H groups in total. The quantitative estimate of drug-likeness (QED) is 0.146. The smallest absolute Gasteiger partial charge is 0.303 e. The van der Waals surface area contributed by atoms with Gasteiger partial charge in [-0.05, 0) is 12.1 Å². The van der Waals surface area contributed by atoms with E-state index in [4.69, 9.17) is 47.4 Å². The van der Waals surface area contributed by atoms with E-state index in [1.807, 2.05) is 0 Å². The van der Waals surface area contributed by atoms with E-state index >= 15 is 0 Å². The maximum absolute atomic E-state index is 13.9. The third-order valence-electron chi connectivity index (χ3n) is 8.36. The third kappa shape index (κ3) is 10.2. The fraction of sp³-hybridized carbons (Fsp3) is 0.571. The summed E-state index contributed by atoms with van der Waals surface area (Å²) in [7, 11) is 0. The summed E-state index contributed by atoms with van der Waals surface area (Å²) in [5.74, 6) is -8.33. The molecular weight excluding hydrogens is 754 g/mol. The molecule has 11 atom stereocenters. The van der Waals surface area contributed by atoms with Crippen LogP contribution in [0.3, 0.4) is 0 Å². The number of benzene rings is 1. The predicted octanol–water partition coefficient (Wildman–Crippen LogP) is -0.737. The third-order valence-corrected chi connectivity index (χ3v) is 8.36. The lowest BCUT2D eigenvalue weighted by atomic mass is 9.93. The Morgan fingerprint density at radius 1 is 0.643 bits per heavy atom. The van der Waals surface area contributed by atoms with Gasteiger partial charge in [0.2, 0.25) is 0 Å². The Morgan fingerprint density at radius 2 is 1.12 bits per heavy atom. The van der Waals surface area contributed by atoms with Crippen LogP contribution in [0.25, 0.3) is 0 Å². The van der Waals surface area contributed by atoms with Gasteiger partial charge in [0, 0.05) is 48.5 Å². The van der Waals surface area contributed by atoms with E-state index in [9.17, 15) is 48.3 Å². The highest BCUT2D eigenvalue weighted by molar-refractivity contribution is 6.21. The second-order valence-corrected chi connectivity index (χ2v) is 12.7. The summed E-state index contributed by atoms with van der Waals surface area (Å²) < 4.78 is 55.4. The monoisotopic (exact) mass is 795 g/mol. The summed E-state index contributed by atoms with van der Waals surface area (Å²) in [6.45, 7) is 5.50. The van der Waals surface area contributed by atoms with Crippen molar-refractivity contribution in [2.75, 3.05) is 13.2 Å². The number of carbonyl (C=O) groups is 9. The Labute approximate surface area is 318 Å². The molecule has 1 aromatic carbocycles. The molecule has 0 aromatic heterocycles. The molecule has 3 heterocycles. The molecule has 3 aliphatic rings. The average molecular weight is 796 g/mol. The standard InChI is InChI=1S/C35H41NO20/c1-14(37)47-12-24-26(50-16(3)39)28(51-17(4)40)25(36-32(44)21-10-8-9-11-22(21)33(36)45)35(55-24)48-13-23(49-15(2)38)27-29(52-18(5)41)30(53-19(6)42)31(34(46)56-27)54-20(7)43/h8-11,23-31,34-35,46H,12-13H2,1-7H3/t23-,24+,25+,26+,27+,28+,29+,30-,31-,34-,35+/m0/s1. The molecule has 0 radical (unpaired) electrons. The molecule has 306 valence electrons. The van der Waals surface area contributed by atoms with Gasteiger partial charge in [0.05, 0.1) is 17.7 Å². The first-order valence-electron chi connectivity index (χ1n) is 17.0. The molecule has 21 nitrogen and oxygen atoms in total. The van der Waals surface area contributed by atoms with Crippen molar-refractivity contribution >= 4 is 53.6 Å². The number of imide groups is 1. The van der Waals surface area contributed by atoms with E-state index < -0.39 is 134 Å². The molecule has 56 heavy (non-hydrogen) atoms. The van der Waals surface area contributed by atoms with Crippen LogP contribution >= 0.6 is 0 Å². The van der Waals surface area contributed by atoms with Crippen molar-refractivity contribution in [3.8, 4) is 0 Å². The van der Waals surface area contributed by atoms with E-state index in [1.54, 1.807) is 0 Å². The lowest BCUT2D eigenvalue weighted by Gasteiger charge is -2.48. The van der Waals surface area contributed by atoms with Gasteiger partial charge in [-0.15, -0.1) is 0 Å². The highest BCUT2D eigenvalue weighted by atomic mass is 16.7. The fourth-order valence-corrected chi connectivity index (χ4v) is 6.49. The van der Waals surface area contributed by atoms with Crippen LogP contribution < -0.4 is 0 Å². The first kappa shape index (κ1) is 43.2. The van der Waals surface area contributed by atoms with Gasteiger partial charge in [-0.25, -0.2) is 0 Å². The highest BCUT2D eigenvalue weighted by Crippen LogP contribution is 2.37. The molecule has 0 unspecified atom stereocenters. The average Bonchev–Trinajstić information content (AvgIpc) is 3.33. The van der Waals surface area contributed by atoms with Crippen molar-refractivity contribution in [2.45, 2.75) is 116 Å². The molecule has 0 aliphatic carbocycles. The van der Waals surface area contributed by atoms with Gasteiger partial charge in [0.1, 0.15) is 24.9 Å². The van der Waals surface area contributed by atoms with Crippen molar-refractivity contribution in [1.29, 1.82) is 0 Å². The fourth-order valence-electron chi connectivity index (χ4n) is 6.49. The van der Waals surface area contributed by atoms with Crippen LogP contribution in [0.4, 0.5) is 0 Å². The molecule has 2 fully saturated rings. The van der Waals surface area contributed by atoms with Gasteiger partial charge < -0.3 is 52.5 Å². The number of nitrogens with zero attached hydrogens (tertiary/aromatic N) is 1. The summed E-state index contributed by atoms with van der Waals surface area (Å²) in [6.07, 6.45) is -17.6. The van der Waals surface area contributed by atoms with Crippen LogP contribution in [0.15, 0.2) is 24.3 Å². The van der Waals surface area contributed by atoms with Crippen molar-refractivity contribution < 1.29 is 95.6 Å². The van der Waals surface area contributed by atoms with Crippen LogP contribution in [-0.4, -0.2) is 144 Å². The number of esters is 7. The normalized spacial score (nSPS) is 28.9. The zero-order chi connectivity index (χ0) is 41.6. The van der Waals surface area contributed by atoms with Gasteiger partial charge in [-0.2, -0.15) is 0 Å². The van der Waals surface area contributed by atoms with Gasteiger partial charge in [0.25, 0.3) is 11.8 Å². The van der Waals surface area contributed by atoms with E-state index in [-0.39, 0.29) is 11.1 Å². The topological polar surface area (TPSA) is 269 Å². The van der Waals surface area contributed by atoms with Gasteiger partial charge in [-0.3, -0.25) is 48.1 Å². The highest BCUT2D eigenvalue weighted by Gasteiger charge is 2.59. The summed E-state index contributed by atoms with van der Waals surface area (Å²) in [4.78, 5) is 114. The number of hydrogen-bond donors (Lipinski definition) is 1. The Hall–Kier alpha value is -5.51. The number of carbonyl (C=O) groups excluding carboxylic acids is 9. The minimum absolute atomic E-state index is 0.0469. The zero-order valence-electron chi connectivity index (χ0n) is 31.2. The Balaban J connectivity index is 1.82. The summed E-state index contributed by atoms with van der Waals surface area (Å²) in [5.41, 5.74) is -0.0938. The van der Waals surface area contributed by atoms with Gasteiger partial charge >= 0.3 is 41.8 Å². The van der Waals surface area contributed by atoms with Crippen LogP contribution in [0, 0.1) is 0 Å². The number of fused-ring (bicyclic) bond motifs is 1. The molecule has 3 aliphatic heterocycles. The molecule has 21 heteroatoms. The second kappa shape index (κ2) is 18.4. The summed E-state index contributed by atoms with van der Waals surface area (Å²) in [5, 5.41) is 11.0. The largest absolute Gasteiger partial charge is 0.463 e. The summed E-state index contributed by atoms with van der Waals surface area (Å²) in [6, 6.07) is 3.95. The first-order valence-corrected chi connectivity index (χ1v) is 17.0. The number of amides is 2. The Morgan fingerprint density at radius 3 is 1.62 bits per heavy atom. The number of rotatable bonds is 13. The molecule has 1 aromatic rings. The van der Waals surface area contributed by atoms with E-state index in [1.165, 1.54) is 24.3 Å². The van der Waals surface area contributed by atoms with Gasteiger partial charge in [-0.1, -0.05) is 12.1 Å². The maximum atomic E-state index is 13.9. The van der Waals surface area contributed by atoms with Crippen molar-refractivity contribution in [1.82, 2.24) is 4.90 Å². The molecule has 2 saturated heterocycles. The number of aliphatic hydroxyl groups is 1. The minimum atomic E-state index is -2.08. The van der Waals surface area contributed by atoms with E-state index in [0.29, 0.717) is 4.90 Å². The summed E-state index contributed by atoms with van der Waals surface area (Å²) >= 11 is 0. The number of ether oxygens (including phenoxy) is 10. The predicted molar refractivity (Wildman–Crippen MR) is 176 cm³/mol. The number of hydrogen-bond acceptors (Lipinski definition) is 20. The lowest BCUT2D eigenvalue weighted by molar-refractivity contribution is -0.317. The van der Waals surface area contributed by atoms with Crippen molar-refractivity contribution in [3.63, 3.8) is 0 Å². The minimum Gasteiger partial charge on any atom is -0.463 e. The first-order chi connectivity index (χ1) is 26.3. The van der Waals surface area contributed by atoms with E-state index in [0.717, 1.165) is 48.5 Å². The maximum Gasteiger partial charge on any atom is 0.303 e. The number of aliphatic hydroxyl groups excluding tert-OH is 1. The van der Waals surface area contributed by atoms with Crippen molar-refractivity contribution in [2.24, 2.45) is 0 Å². The Kier molecular flexibility index (Phi) is 14.2. The van der Waals surface area contributed by atoms with Crippen LogP contribution in [0.2, 0.25) is 0 Å². The molecule has 0 spiro atoms. The van der Waals surface area contributed by atoms with E-state index in [2.05, 4.69) is 0 Å². The van der Waals surface area contributed by atoms with Crippen LogP contribution in [-0.2, 0) is 80.9 Å². The Bertz CT molecular complexity index is 1690. The van der Waals surface area contributed by atoms with Crippen molar-refractivity contribution in [3.05, 3.63) is 35.4 Å². The second-order valence-electron chi connectivity index (χ2n) is 12.7. The van der Waals surface area contributed by atoms with Gasteiger partial charge in [0.15, 0.2) is 49.2 Å². The van der Waals surface area contributed by atoms with Crippen LogP contribution in [0.1, 0.15) is 69.2 Å². The molecular formula is C35H41NO20. The molecule has 2 amide bonds. The molecule has 0 saturated carbocycles.